The van der Waals surface area contributed by atoms with Gasteiger partial charge in [-0.05, 0) is 33.2 Å². The second-order valence-electron chi connectivity index (χ2n) is 4.93. The maximum atomic E-state index is 10.1. The lowest BCUT2D eigenvalue weighted by Crippen LogP contribution is -2.40. The number of aliphatic hydroxyl groups is 1. The van der Waals surface area contributed by atoms with Gasteiger partial charge >= 0.3 is 0 Å². The number of nitrogens with one attached hydrogen (secondary N) is 1. The molecule has 0 radical (unpaired) electrons. The minimum absolute atomic E-state index is 0.261. The molecule has 5 nitrogen and oxygen atoms in total. The van der Waals surface area contributed by atoms with E-state index in [0.717, 1.165) is 5.69 Å². The number of benzene rings is 1. The molecule has 100 valence electrons. The lowest BCUT2D eigenvalue weighted by atomic mass is 10.1. The third-order valence-electron chi connectivity index (χ3n) is 2.29. The summed E-state index contributed by atoms with van der Waals surface area (Å²) < 4.78 is 0. The monoisotopic (exact) mass is 250 g/mol. The molecule has 0 aliphatic carbocycles. The first-order valence-electron chi connectivity index (χ1n) is 5.88. The van der Waals surface area contributed by atoms with Gasteiger partial charge in [0.2, 0.25) is 0 Å². The molecule has 1 unspecified atom stereocenters. The quantitative estimate of drug-likeness (QED) is 0.532. The van der Waals surface area contributed by atoms with Gasteiger partial charge in [-0.1, -0.05) is 18.2 Å². The van der Waals surface area contributed by atoms with Crippen molar-refractivity contribution in [2.45, 2.75) is 12.5 Å². The van der Waals surface area contributed by atoms with Crippen LogP contribution >= 0.6 is 0 Å². The molecule has 1 aromatic carbocycles. The minimum atomic E-state index is -0.882. The van der Waals surface area contributed by atoms with Gasteiger partial charge in [0, 0.05) is 12.2 Å². The molecule has 5 heteroatoms. The molecule has 1 atom stereocenters. The number of rotatable bonds is 5. The van der Waals surface area contributed by atoms with Crippen LogP contribution in [0.25, 0.3) is 0 Å². The van der Waals surface area contributed by atoms with Gasteiger partial charge in [-0.25, -0.2) is 0 Å². The van der Waals surface area contributed by atoms with Crippen molar-refractivity contribution in [3.8, 4) is 0 Å². The number of para-hydroxylation sites is 1. The lowest BCUT2D eigenvalue weighted by molar-refractivity contribution is 0.0425. The second-order valence-corrected chi connectivity index (χ2v) is 4.93. The van der Waals surface area contributed by atoms with Gasteiger partial charge in [0.05, 0.1) is 12.1 Å². The Hall–Kier alpha value is -1.59. The third kappa shape index (κ3) is 5.65. The van der Waals surface area contributed by atoms with Gasteiger partial charge in [-0.15, -0.1) is 0 Å². The zero-order chi connectivity index (χ0) is 13.6. The van der Waals surface area contributed by atoms with Gasteiger partial charge in [0.25, 0.3) is 0 Å². The third-order valence-corrected chi connectivity index (χ3v) is 2.29. The summed E-state index contributed by atoms with van der Waals surface area (Å²) in [5, 5.41) is 13.0. The van der Waals surface area contributed by atoms with E-state index in [2.05, 4.69) is 10.3 Å². The zero-order valence-electron chi connectivity index (χ0n) is 11.2. The summed E-state index contributed by atoms with van der Waals surface area (Å²) in [4.78, 5) is 6.06. The maximum absolute atomic E-state index is 10.1. The highest BCUT2D eigenvalue weighted by atomic mass is 16.3. The van der Waals surface area contributed by atoms with E-state index in [-0.39, 0.29) is 6.54 Å². The summed E-state index contributed by atoms with van der Waals surface area (Å²) in [6, 6.07) is 9.57. The van der Waals surface area contributed by atoms with Crippen molar-refractivity contribution in [2.24, 2.45) is 10.7 Å². The normalized spacial score (nSPS) is 15.5. The second kappa shape index (κ2) is 6.37. The number of aliphatic imine (C=N–C) groups is 1. The van der Waals surface area contributed by atoms with Crippen molar-refractivity contribution in [1.29, 1.82) is 0 Å². The van der Waals surface area contributed by atoms with Crippen molar-refractivity contribution in [1.82, 2.24) is 4.90 Å². The van der Waals surface area contributed by atoms with Gasteiger partial charge in [-0.3, -0.25) is 4.99 Å². The Bertz CT molecular complexity index is 387. The molecule has 1 aromatic rings. The highest BCUT2D eigenvalue weighted by molar-refractivity contribution is 5.92. The molecule has 0 aliphatic heterocycles. The Balaban J connectivity index is 2.52. The minimum Gasteiger partial charge on any atom is -0.387 e. The van der Waals surface area contributed by atoms with Crippen LogP contribution in [0.15, 0.2) is 35.3 Å². The predicted molar refractivity (Wildman–Crippen MR) is 75.7 cm³/mol. The molecule has 4 N–H and O–H groups in total. The average Bonchev–Trinajstić information content (AvgIpc) is 2.26. The summed E-state index contributed by atoms with van der Waals surface area (Å²) in [6.45, 7) is 2.54. The summed E-state index contributed by atoms with van der Waals surface area (Å²) >= 11 is 0. The van der Waals surface area contributed by atoms with Gasteiger partial charge in [0.15, 0.2) is 5.96 Å². The molecule has 0 spiro atoms. The van der Waals surface area contributed by atoms with E-state index < -0.39 is 5.60 Å². The van der Waals surface area contributed by atoms with E-state index in [9.17, 15) is 5.11 Å². The van der Waals surface area contributed by atoms with Crippen LogP contribution in [0.5, 0.6) is 0 Å². The summed E-state index contributed by atoms with van der Waals surface area (Å²) in [5.41, 5.74) is 5.76. The molecule has 0 saturated carbocycles. The first kappa shape index (κ1) is 14.5. The first-order valence-corrected chi connectivity index (χ1v) is 5.88. The fraction of sp³-hybridized carbons (Fsp3) is 0.462. The summed E-state index contributed by atoms with van der Waals surface area (Å²) in [5.74, 6) is 0.306. The Morgan fingerprint density at radius 1 is 1.39 bits per heavy atom. The number of likely N-dealkylation sites (N-methyl/N-ethyl adjacent to an activating group) is 1. The first-order chi connectivity index (χ1) is 8.39. The average molecular weight is 250 g/mol. The number of hydrogen-bond acceptors (Lipinski definition) is 3. The predicted octanol–water partition coefficient (Wildman–Crippen LogP) is 0.726. The van der Waals surface area contributed by atoms with Crippen LogP contribution in [0.1, 0.15) is 6.92 Å². The van der Waals surface area contributed by atoms with Crippen LogP contribution in [-0.2, 0) is 0 Å². The molecule has 0 heterocycles. The van der Waals surface area contributed by atoms with Gasteiger partial charge in [-0.2, -0.15) is 0 Å². The Labute approximate surface area is 108 Å². The number of nitrogens with zero attached hydrogens (tertiary/aromatic N) is 2. The SMILES string of the molecule is CN(C)CC(C)(O)CN=C(N)Nc1ccccc1. The molecule has 0 aliphatic rings. The topological polar surface area (TPSA) is 73.9 Å². The highest BCUT2D eigenvalue weighted by Gasteiger charge is 2.20. The number of anilines is 1. The summed E-state index contributed by atoms with van der Waals surface area (Å²) in [7, 11) is 3.81. The van der Waals surface area contributed by atoms with Gasteiger partial charge < -0.3 is 21.1 Å². The zero-order valence-corrected chi connectivity index (χ0v) is 11.2. The smallest absolute Gasteiger partial charge is 0.193 e. The van der Waals surface area contributed by atoms with Crippen molar-refractivity contribution >= 4 is 11.6 Å². The Kier molecular flexibility index (Phi) is 5.12. The van der Waals surface area contributed by atoms with Crippen LogP contribution in [-0.4, -0.2) is 48.8 Å². The largest absolute Gasteiger partial charge is 0.387 e. The van der Waals surface area contributed by atoms with Crippen molar-refractivity contribution in [3.05, 3.63) is 30.3 Å². The molecule has 0 bridgehead atoms. The Morgan fingerprint density at radius 2 is 2.00 bits per heavy atom. The highest BCUT2D eigenvalue weighted by Crippen LogP contribution is 2.06. The summed E-state index contributed by atoms with van der Waals surface area (Å²) in [6.07, 6.45) is 0. The van der Waals surface area contributed by atoms with E-state index in [0.29, 0.717) is 12.5 Å². The van der Waals surface area contributed by atoms with E-state index >= 15 is 0 Å². The van der Waals surface area contributed by atoms with E-state index in [4.69, 9.17) is 5.73 Å². The van der Waals surface area contributed by atoms with Crippen molar-refractivity contribution in [2.75, 3.05) is 32.5 Å². The molecular weight excluding hydrogens is 228 g/mol. The van der Waals surface area contributed by atoms with E-state index in [1.165, 1.54) is 0 Å². The number of hydrogen-bond donors (Lipinski definition) is 3. The lowest BCUT2D eigenvalue weighted by Gasteiger charge is -2.25. The molecule has 0 amide bonds. The van der Waals surface area contributed by atoms with Crippen molar-refractivity contribution in [3.63, 3.8) is 0 Å². The van der Waals surface area contributed by atoms with Gasteiger partial charge in [0.1, 0.15) is 0 Å². The molecular formula is C13H22N4O. The van der Waals surface area contributed by atoms with Crippen LogP contribution in [0.2, 0.25) is 0 Å². The van der Waals surface area contributed by atoms with Crippen molar-refractivity contribution < 1.29 is 5.11 Å². The van der Waals surface area contributed by atoms with Crippen LogP contribution in [0.3, 0.4) is 0 Å². The molecule has 0 fully saturated rings. The Morgan fingerprint density at radius 3 is 2.56 bits per heavy atom. The van der Waals surface area contributed by atoms with E-state index in [1.807, 2.05) is 49.3 Å². The number of nitrogens with two attached hydrogens (primary N) is 1. The van der Waals surface area contributed by atoms with E-state index in [1.54, 1.807) is 6.92 Å². The van der Waals surface area contributed by atoms with Crippen LogP contribution < -0.4 is 11.1 Å². The molecule has 0 aromatic heterocycles. The van der Waals surface area contributed by atoms with Crippen LogP contribution in [0, 0.1) is 0 Å². The molecule has 18 heavy (non-hydrogen) atoms. The maximum Gasteiger partial charge on any atom is 0.193 e. The molecule has 0 saturated heterocycles. The fourth-order valence-corrected chi connectivity index (χ4v) is 1.70. The van der Waals surface area contributed by atoms with Crippen LogP contribution in [0.4, 0.5) is 5.69 Å². The number of guanidine groups is 1. The standard InChI is InChI=1S/C13H22N4O/c1-13(18,10-17(2)3)9-15-12(14)16-11-7-5-4-6-8-11/h4-8,18H,9-10H2,1-3H3,(H3,14,15,16). The molecule has 1 rings (SSSR count). The fourth-order valence-electron chi connectivity index (χ4n) is 1.70.